The molecule has 1 heterocycles. The van der Waals surface area contributed by atoms with Crippen molar-refractivity contribution in [1.29, 1.82) is 0 Å². The largest absolute Gasteiger partial charge is 0.394 e. The summed E-state index contributed by atoms with van der Waals surface area (Å²) in [5.74, 6) is 0. The molecule has 5 nitrogen and oxygen atoms in total. The molecule has 0 aromatic rings. The Bertz CT molecular complexity index is 252. The summed E-state index contributed by atoms with van der Waals surface area (Å²) < 4.78 is 11.0. The predicted molar refractivity (Wildman–Crippen MR) is 83.2 cm³/mol. The minimum Gasteiger partial charge on any atom is -0.394 e. The van der Waals surface area contributed by atoms with Crippen molar-refractivity contribution < 1.29 is 19.7 Å². The molecule has 1 fully saturated rings. The van der Waals surface area contributed by atoms with Crippen molar-refractivity contribution in [1.82, 2.24) is 0 Å². The van der Waals surface area contributed by atoms with Gasteiger partial charge in [-0.2, -0.15) is 0 Å². The quantitative estimate of drug-likeness (QED) is 0.505. The fraction of sp³-hybridized carbons (Fsp3) is 1.00. The summed E-state index contributed by atoms with van der Waals surface area (Å²) in [6, 6.07) is -0.322. The van der Waals surface area contributed by atoms with E-state index in [1.165, 1.54) is 38.5 Å². The molecule has 5 heteroatoms. The van der Waals surface area contributed by atoms with E-state index in [1.807, 2.05) is 0 Å². The van der Waals surface area contributed by atoms with E-state index in [0.717, 1.165) is 12.8 Å². The number of hydrogen-bond acceptors (Lipinski definition) is 5. The van der Waals surface area contributed by atoms with Gasteiger partial charge in [-0.3, -0.25) is 0 Å². The molecule has 21 heavy (non-hydrogen) atoms. The van der Waals surface area contributed by atoms with Gasteiger partial charge in [0, 0.05) is 6.61 Å². The third-order valence-corrected chi connectivity index (χ3v) is 4.13. The van der Waals surface area contributed by atoms with Crippen molar-refractivity contribution in [3.63, 3.8) is 0 Å². The Morgan fingerprint density at radius 3 is 2.33 bits per heavy atom. The van der Waals surface area contributed by atoms with Gasteiger partial charge in [0.1, 0.15) is 18.3 Å². The second-order valence-corrected chi connectivity index (χ2v) is 6.02. The Labute approximate surface area is 128 Å². The summed E-state index contributed by atoms with van der Waals surface area (Å²) in [6.07, 6.45) is 8.15. The van der Waals surface area contributed by atoms with Gasteiger partial charge < -0.3 is 25.4 Å². The molecule has 4 atom stereocenters. The zero-order valence-electron chi connectivity index (χ0n) is 13.4. The summed E-state index contributed by atoms with van der Waals surface area (Å²) in [6.45, 7) is 2.96. The van der Waals surface area contributed by atoms with Crippen LogP contribution < -0.4 is 5.73 Å². The van der Waals surface area contributed by atoms with Crippen LogP contribution in [0.1, 0.15) is 58.3 Å². The summed E-state index contributed by atoms with van der Waals surface area (Å²) in [7, 11) is 0. The summed E-state index contributed by atoms with van der Waals surface area (Å²) in [5, 5.41) is 19.1. The molecule has 0 saturated carbocycles. The maximum absolute atomic E-state index is 10.0. The predicted octanol–water partition coefficient (Wildman–Crippen LogP) is 1.59. The van der Waals surface area contributed by atoms with E-state index in [1.54, 1.807) is 0 Å². The molecule has 0 aromatic heterocycles. The van der Waals surface area contributed by atoms with Crippen LogP contribution in [0.5, 0.6) is 0 Å². The molecule has 1 saturated heterocycles. The second kappa shape index (κ2) is 11.4. The van der Waals surface area contributed by atoms with Crippen LogP contribution in [0.2, 0.25) is 0 Å². The van der Waals surface area contributed by atoms with Crippen molar-refractivity contribution >= 4 is 0 Å². The first kappa shape index (κ1) is 18.8. The standard InChI is InChI=1S/C16H33NO4/c1-2-3-4-5-6-7-8-9-10-20-16-13(17)12-21-14(11-18)15(16)19/h13-16,18-19H,2-12,17H2,1H3/t13-,14?,15+,16?/m0/s1. The molecular formula is C16H33NO4. The molecule has 0 bridgehead atoms. The zero-order valence-corrected chi connectivity index (χ0v) is 13.4. The van der Waals surface area contributed by atoms with Gasteiger partial charge in [-0.25, -0.2) is 0 Å². The van der Waals surface area contributed by atoms with Crippen LogP contribution in [-0.2, 0) is 9.47 Å². The maximum atomic E-state index is 10.0. The Morgan fingerprint density at radius 2 is 1.71 bits per heavy atom. The van der Waals surface area contributed by atoms with Crippen LogP contribution in [0.25, 0.3) is 0 Å². The third kappa shape index (κ3) is 7.06. The number of ether oxygens (including phenoxy) is 2. The number of hydrogen-bond donors (Lipinski definition) is 3. The van der Waals surface area contributed by atoms with E-state index in [9.17, 15) is 5.11 Å². The summed E-state index contributed by atoms with van der Waals surface area (Å²) in [4.78, 5) is 0. The van der Waals surface area contributed by atoms with E-state index in [4.69, 9.17) is 20.3 Å². The highest BCUT2D eigenvalue weighted by Gasteiger charge is 2.38. The van der Waals surface area contributed by atoms with Crippen LogP contribution in [0.3, 0.4) is 0 Å². The number of unbranched alkanes of at least 4 members (excludes halogenated alkanes) is 7. The van der Waals surface area contributed by atoms with Crippen molar-refractivity contribution in [3.05, 3.63) is 0 Å². The number of nitrogens with two attached hydrogens (primary N) is 1. The Morgan fingerprint density at radius 1 is 1.10 bits per heavy atom. The average Bonchev–Trinajstić information content (AvgIpc) is 2.48. The first-order chi connectivity index (χ1) is 10.2. The fourth-order valence-corrected chi connectivity index (χ4v) is 2.73. The summed E-state index contributed by atoms with van der Waals surface area (Å²) in [5.41, 5.74) is 5.90. The lowest BCUT2D eigenvalue weighted by atomic mass is 9.99. The number of aliphatic hydroxyl groups excluding tert-OH is 2. The van der Waals surface area contributed by atoms with Crippen LogP contribution in [-0.4, -0.2) is 54.4 Å². The van der Waals surface area contributed by atoms with Gasteiger partial charge in [-0.05, 0) is 6.42 Å². The molecular weight excluding hydrogens is 270 g/mol. The molecule has 0 radical (unpaired) electrons. The molecule has 2 unspecified atom stereocenters. The lowest BCUT2D eigenvalue weighted by molar-refractivity contribution is -0.173. The van der Waals surface area contributed by atoms with Crippen molar-refractivity contribution in [2.45, 2.75) is 82.6 Å². The lowest BCUT2D eigenvalue weighted by Gasteiger charge is -2.37. The first-order valence-corrected chi connectivity index (χ1v) is 8.48. The van der Waals surface area contributed by atoms with Gasteiger partial charge in [0.25, 0.3) is 0 Å². The van der Waals surface area contributed by atoms with E-state index in [-0.39, 0.29) is 12.6 Å². The van der Waals surface area contributed by atoms with Crippen LogP contribution in [0.15, 0.2) is 0 Å². The third-order valence-electron chi connectivity index (χ3n) is 4.13. The van der Waals surface area contributed by atoms with E-state index < -0.39 is 18.3 Å². The molecule has 0 spiro atoms. The number of rotatable bonds is 11. The smallest absolute Gasteiger partial charge is 0.110 e. The Hall–Kier alpha value is -0.200. The topological polar surface area (TPSA) is 84.9 Å². The molecule has 0 aromatic carbocycles. The highest BCUT2D eigenvalue weighted by Crippen LogP contribution is 2.18. The Balaban J connectivity index is 2.05. The van der Waals surface area contributed by atoms with Gasteiger partial charge in [0.2, 0.25) is 0 Å². The first-order valence-electron chi connectivity index (χ1n) is 8.48. The monoisotopic (exact) mass is 303 g/mol. The van der Waals surface area contributed by atoms with Gasteiger partial charge >= 0.3 is 0 Å². The highest BCUT2D eigenvalue weighted by atomic mass is 16.5. The van der Waals surface area contributed by atoms with Gasteiger partial charge in [-0.1, -0.05) is 51.9 Å². The molecule has 4 N–H and O–H groups in total. The minimum absolute atomic E-state index is 0.203. The molecule has 1 aliphatic heterocycles. The molecule has 126 valence electrons. The SMILES string of the molecule is CCCCCCCCCCOC1[C@H](O)C(CO)OC[C@@H]1N. The van der Waals surface area contributed by atoms with Crippen molar-refractivity contribution in [3.8, 4) is 0 Å². The van der Waals surface area contributed by atoms with Crippen LogP contribution in [0, 0.1) is 0 Å². The summed E-state index contributed by atoms with van der Waals surface area (Å²) >= 11 is 0. The van der Waals surface area contributed by atoms with Crippen LogP contribution >= 0.6 is 0 Å². The normalized spacial score (nSPS) is 29.7. The zero-order chi connectivity index (χ0) is 15.5. The molecule has 1 rings (SSSR count). The van der Waals surface area contributed by atoms with Gasteiger partial charge in [-0.15, -0.1) is 0 Å². The van der Waals surface area contributed by atoms with Gasteiger partial charge in [0.15, 0.2) is 0 Å². The molecule has 0 aliphatic carbocycles. The van der Waals surface area contributed by atoms with Crippen molar-refractivity contribution in [2.24, 2.45) is 5.73 Å². The minimum atomic E-state index is -0.840. The van der Waals surface area contributed by atoms with Gasteiger partial charge in [0.05, 0.1) is 19.3 Å². The molecule has 1 aliphatic rings. The fourth-order valence-electron chi connectivity index (χ4n) is 2.73. The Kier molecular flexibility index (Phi) is 10.2. The second-order valence-electron chi connectivity index (χ2n) is 6.02. The van der Waals surface area contributed by atoms with Crippen LogP contribution in [0.4, 0.5) is 0 Å². The van der Waals surface area contributed by atoms with E-state index >= 15 is 0 Å². The number of aliphatic hydroxyl groups is 2. The lowest BCUT2D eigenvalue weighted by Crippen LogP contribution is -2.58. The van der Waals surface area contributed by atoms with E-state index in [2.05, 4.69) is 6.92 Å². The van der Waals surface area contributed by atoms with Crippen molar-refractivity contribution in [2.75, 3.05) is 19.8 Å². The van der Waals surface area contributed by atoms with E-state index in [0.29, 0.717) is 13.2 Å². The average molecular weight is 303 g/mol. The highest BCUT2D eigenvalue weighted by molar-refractivity contribution is 4.89. The maximum Gasteiger partial charge on any atom is 0.110 e. The molecule has 0 amide bonds.